The smallest absolute Gasteiger partial charge is 0.228 e. The first-order valence-corrected chi connectivity index (χ1v) is 11.0. The molecule has 0 unspecified atom stereocenters. The van der Waals surface area contributed by atoms with Crippen LogP contribution in [0.1, 0.15) is 34.6 Å². The zero-order chi connectivity index (χ0) is 22.5. The number of amides is 2. The Morgan fingerprint density at radius 1 is 0.969 bits per heavy atom. The van der Waals surface area contributed by atoms with Gasteiger partial charge in [-0.05, 0) is 30.9 Å². The average Bonchev–Trinajstić information content (AvgIpc) is 2.79. The van der Waals surface area contributed by atoms with Crippen LogP contribution in [-0.4, -0.2) is 40.3 Å². The van der Waals surface area contributed by atoms with E-state index in [1.165, 1.54) is 5.56 Å². The molecular weight excluding hydrogens is 400 g/mol. The molecule has 1 aromatic heterocycles. The lowest BCUT2D eigenvalue weighted by Gasteiger charge is -2.30. The molecule has 1 aliphatic heterocycles. The van der Waals surface area contributed by atoms with Crippen LogP contribution in [0.3, 0.4) is 0 Å². The van der Waals surface area contributed by atoms with Crippen LogP contribution in [0.25, 0.3) is 0 Å². The minimum atomic E-state index is 0.00665. The molecule has 2 amide bonds. The molecule has 0 saturated heterocycles. The Hall–Kier alpha value is -3.54. The molecule has 0 aliphatic carbocycles. The number of carbonyl (C=O) groups is 2. The SMILES string of the molecule is Cc1nc(CN(C)C(=O)Cc2ccccc2)nc2c1CCC(=O)N2CCc1ccccc1. The standard InChI is InChI=1S/C26H28N4O2/c1-19-22-13-14-24(31)30(16-15-20-9-5-3-6-10-20)26(22)28-23(27-19)18-29(2)25(32)17-21-11-7-4-8-12-21/h3-12H,13-18H2,1-2H3. The normalized spacial score (nSPS) is 13.1. The molecule has 2 heterocycles. The molecule has 2 aromatic carbocycles. The molecule has 32 heavy (non-hydrogen) atoms. The topological polar surface area (TPSA) is 66.4 Å². The van der Waals surface area contributed by atoms with Gasteiger partial charge in [-0.25, -0.2) is 9.97 Å². The van der Waals surface area contributed by atoms with Crippen LogP contribution in [0, 0.1) is 6.92 Å². The number of anilines is 1. The highest BCUT2D eigenvalue weighted by atomic mass is 16.2. The van der Waals surface area contributed by atoms with Crippen molar-refractivity contribution in [1.82, 2.24) is 14.9 Å². The number of hydrogen-bond acceptors (Lipinski definition) is 4. The van der Waals surface area contributed by atoms with Gasteiger partial charge in [0.15, 0.2) is 0 Å². The Bertz CT molecular complexity index is 1100. The van der Waals surface area contributed by atoms with Gasteiger partial charge in [-0.2, -0.15) is 0 Å². The van der Waals surface area contributed by atoms with E-state index >= 15 is 0 Å². The fourth-order valence-electron chi connectivity index (χ4n) is 4.03. The van der Waals surface area contributed by atoms with Crippen LogP contribution in [0.2, 0.25) is 0 Å². The third-order valence-corrected chi connectivity index (χ3v) is 5.85. The van der Waals surface area contributed by atoms with E-state index in [1.807, 2.05) is 55.5 Å². The third-order valence-electron chi connectivity index (χ3n) is 5.85. The third kappa shape index (κ3) is 5.02. The van der Waals surface area contributed by atoms with Crippen LogP contribution in [0.15, 0.2) is 60.7 Å². The van der Waals surface area contributed by atoms with E-state index in [1.54, 1.807) is 16.8 Å². The number of likely N-dealkylation sites (N-methyl/N-ethyl adjacent to an activating group) is 1. The van der Waals surface area contributed by atoms with Crippen molar-refractivity contribution in [2.45, 2.75) is 39.2 Å². The lowest BCUT2D eigenvalue weighted by molar-refractivity contribution is -0.129. The van der Waals surface area contributed by atoms with Crippen LogP contribution < -0.4 is 4.90 Å². The molecule has 6 heteroatoms. The first-order valence-electron chi connectivity index (χ1n) is 11.0. The summed E-state index contributed by atoms with van der Waals surface area (Å²) in [7, 11) is 1.77. The summed E-state index contributed by atoms with van der Waals surface area (Å²) >= 11 is 0. The lowest BCUT2D eigenvalue weighted by atomic mass is 10.0. The van der Waals surface area contributed by atoms with Gasteiger partial charge in [0.25, 0.3) is 0 Å². The van der Waals surface area contributed by atoms with Gasteiger partial charge in [0.1, 0.15) is 11.6 Å². The number of fused-ring (bicyclic) bond motifs is 1. The zero-order valence-corrected chi connectivity index (χ0v) is 18.6. The number of carbonyl (C=O) groups excluding carboxylic acids is 2. The zero-order valence-electron chi connectivity index (χ0n) is 18.6. The van der Waals surface area contributed by atoms with E-state index in [4.69, 9.17) is 4.98 Å². The van der Waals surface area contributed by atoms with Crippen LogP contribution >= 0.6 is 0 Å². The second-order valence-electron chi connectivity index (χ2n) is 8.22. The Morgan fingerprint density at radius 2 is 1.62 bits per heavy atom. The van der Waals surface area contributed by atoms with Crippen LogP contribution in [0.4, 0.5) is 5.82 Å². The molecule has 4 rings (SSSR count). The highest BCUT2D eigenvalue weighted by molar-refractivity contribution is 5.95. The minimum absolute atomic E-state index is 0.00665. The van der Waals surface area contributed by atoms with Crippen molar-refractivity contribution in [3.05, 3.63) is 88.9 Å². The summed E-state index contributed by atoms with van der Waals surface area (Å²) in [6.07, 6.45) is 2.23. The van der Waals surface area contributed by atoms with Gasteiger partial charge in [-0.15, -0.1) is 0 Å². The molecule has 3 aromatic rings. The summed E-state index contributed by atoms with van der Waals surface area (Å²) in [6.45, 7) is 2.84. The lowest BCUT2D eigenvalue weighted by Crippen LogP contribution is -2.38. The van der Waals surface area contributed by atoms with E-state index in [-0.39, 0.29) is 11.8 Å². The molecule has 6 nitrogen and oxygen atoms in total. The maximum Gasteiger partial charge on any atom is 0.228 e. The predicted molar refractivity (Wildman–Crippen MR) is 124 cm³/mol. The molecular formula is C26H28N4O2. The molecule has 0 radical (unpaired) electrons. The number of hydrogen-bond donors (Lipinski definition) is 0. The number of rotatable bonds is 7. The molecule has 0 atom stereocenters. The van der Waals surface area contributed by atoms with Gasteiger partial charge >= 0.3 is 0 Å². The van der Waals surface area contributed by atoms with Gasteiger partial charge < -0.3 is 4.90 Å². The number of nitrogens with zero attached hydrogens (tertiary/aromatic N) is 4. The second-order valence-corrected chi connectivity index (χ2v) is 8.22. The number of benzene rings is 2. The van der Waals surface area contributed by atoms with Gasteiger partial charge in [-0.3, -0.25) is 14.5 Å². The van der Waals surface area contributed by atoms with E-state index in [2.05, 4.69) is 17.1 Å². The number of aryl methyl sites for hydroxylation is 1. The molecule has 0 bridgehead atoms. The Morgan fingerprint density at radius 3 is 2.31 bits per heavy atom. The minimum Gasteiger partial charge on any atom is -0.338 e. The molecule has 0 fully saturated rings. The van der Waals surface area contributed by atoms with Crippen molar-refractivity contribution in [2.24, 2.45) is 0 Å². The van der Waals surface area contributed by atoms with Crippen molar-refractivity contribution >= 4 is 17.6 Å². The fraction of sp³-hybridized carbons (Fsp3) is 0.308. The van der Waals surface area contributed by atoms with E-state index < -0.39 is 0 Å². The fourth-order valence-corrected chi connectivity index (χ4v) is 4.03. The summed E-state index contributed by atoms with van der Waals surface area (Å²) in [6, 6.07) is 19.8. The average molecular weight is 429 g/mol. The quantitative estimate of drug-likeness (QED) is 0.578. The first kappa shape index (κ1) is 21.7. The maximum atomic E-state index is 12.7. The van der Waals surface area contributed by atoms with E-state index in [0.717, 1.165) is 23.2 Å². The van der Waals surface area contributed by atoms with Crippen molar-refractivity contribution in [1.29, 1.82) is 0 Å². The summed E-state index contributed by atoms with van der Waals surface area (Å²) < 4.78 is 0. The van der Waals surface area contributed by atoms with Crippen LogP contribution in [-0.2, 0) is 35.4 Å². The summed E-state index contributed by atoms with van der Waals surface area (Å²) in [4.78, 5) is 38.2. The Kier molecular flexibility index (Phi) is 6.59. The largest absolute Gasteiger partial charge is 0.338 e. The van der Waals surface area contributed by atoms with Gasteiger partial charge in [-0.1, -0.05) is 60.7 Å². The molecule has 1 aliphatic rings. The molecule has 0 saturated carbocycles. The van der Waals surface area contributed by atoms with Crippen LogP contribution in [0.5, 0.6) is 0 Å². The summed E-state index contributed by atoms with van der Waals surface area (Å²) in [5.74, 6) is 1.35. The predicted octanol–water partition coefficient (Wildman–Crippen LogP) is 3.51. The van der Waals surface area contributed by atoms with E-state index in [0.29, 0.717) is 44.0 Å². The van der Waals surface area contributed by atoms with Gasteiger partial charge in [0, 0.05) is 31.3 Å². The first-order chi connectivity index (χ1) is 15.5. The number of aromatic nitrogens is 2. The van der Waals surface area contributed by atoms with Gasteiger partial charge in [0.2, 0.25) is 11.8 Å². The highest BCUT2D eigenvalue weighted by Gasteiger charge is 2.28. The second kappa shape index (κ2) is 9.73. The molecule has 164 valence electrons. The monoisotopic (exact) mass is 428 g/mol. The van der Waals surface area contributed by atoms with Crippen molar-refractivity contribution < 1.29 is 9.59 Å². The van der Waals surface area contributed by atoms with E-state index in [9.17, 15) is 9.59 Å². The van der Waals surface area contributed by atoms with Gasteiger partial charge in [0.05, 0.1) is 13.0 Å². The summed E-state index contributed by atoms with van der Waals surface area (Å²) in [5.41, 5.74) is 4.07. The van der Waals surface area contributed by atoms with Crippen molar-refractivity contribution in [3.8, 4) is 0 Å². The van der Waals surface area contributed by atoms with Crippen molar-refractivity contribution in [2.75, 3.05) is 18.5 Å². The van der Waals surface area contributed by atoms with Crippen molar-refractivity contribution in [3.63, 3.8) is 0 Å². The Labute approximate surface area is 188 Å². The Balaban J connectivity index is 1.51. The molecule has 0 N–H and O–H groups in total. The molecule has 0 spiro atoms. The summed E-state index contributed by atoms with van der Waals surface area (Å²) in [5, 5.41) is 0. The highest BCUT2D eigenvalue weighted by Crippen LogP contribution is 2.28. The maximum absolute atomic E-state index is 12.7.